The van der Waals surface area contributed by atoms with Crippen LogP contribution in [0.25, 0.3) is 0 Å². The van der Waals surface area contributed by atoms with Gasteiger partial charge in [0.1, 0.15) is 17.3 Å². The Kier molecular flexibility index (Phi) is 4.46. The Morgan fingerprint density at radius 2 is 1.84 bits per heavy atom. The maximum Gasteiger partial charge on any atom is 0.132 e. The minimum Gasteiger partial charge on any atom is -0.496 e. The zero-order valence-corrected chi connectivity index (χ0v) is 12.0. The van der Waals surface area contributed by atoms with Crippen LogP contribution >= 0.6 is 0 Å². The van der Waals surface area contributed by atoms with Crippen LogP contribution in [0.4, 0.5) is 0 Å². The highest BCUT2D eigenvalue weighted by Crippen LogP contribution is 2.35. The molecule has 0 aliphatic heterocycles. The van der Waals surface area contributed by atoms with E-state index in [1.165, 1.54) is 5.56 Å². The summed E-state index contributed by atoms with van der Waals surface area (Å²) in [5.41, 5.74) is 2.27. The van der Waals surface area contributed by atoms with Crippen LogP contribution in [0.5, 0.6) is 11.5 Å². The maximum absolute atomic E-state index is 11.3. The quantitative estimate of drug-likeness (QED) is 0.835. The van der Waals surface area contributed by atoms with Gasteiger partial charge in [0.25, 0.3) is 0 Å². The number of ether oxygens (including phenoxy) is 2. The number of Topliss-reactive ketones (excluding diaryl/α,β-unsaturated/α-hetero) is 1. The van der Waals surface area contributed by atoms with Crippen LogP contribution in [-0.4, -0.2) is 20.0 Å². The van der Waals surface area contributed by atoms with Gasteiger partial charge >= 0.3 is 0 Å². The Hall–Kier alpha value is -1.51. The smallest absolute Gasteiger partial charge is 0.132 e. The second kappa shape index (κ2) is 6.09. The first-order chi connectivity index (χ1) is 9.15. The normalized spacial score (nSPS) is 16.5. The van der Waals surface area contributed by atoms with E-state index in [0.29, 0.717) is 11.7 Å². The van der Waals surface area contributed by atoms with Gasteiger partial charge in [-0.05, 0) is 43.7 Å². The van der Waals surface area contributed by atoms with Crippen LogP contribution in [0.1, 0.15) is 36.8 Å². The Bertz CT molecular complexity index is 455. The third kappa shape index (κ3) is 3.09. The summed E-state index contributed by atoms with van der Waals surface area (Å²) in [6, 6.07) is 4.09. The fourth-order valence-corrected chi connectivity index (χ4v) is 2.91. The van der Waals surface area contributed by atoms with Gasteiger partial charge in [0.2, 0.25) is 0 Å². The lowest BCUT2D eigenvalue weighted by Crippen LogP contribution is -2.16. The van der Waals surface area contributed by atoms with Gasteiger partial charge in [-0.1, -0.05) is 6.07 Å². The number of carbonyl (C=O) groups excluding carboxylic acids is 1. The molecule has 3 nitrogen and oxygen atoms in total. The molecular weight excluding hydrogens is 240 g/mol. The SMILES string of the molecule is COc1ccc(CC2CCC(=O)CC2)c(OC)c1C. The number of methoxy groups -OCH3 is 2. The van der Waals surface area contributed by atoms with Crippen LogP contribution in [-0.2, 0) is 11.2 Å². The second-order valence-corrected chi connectivity index (χ2v) is 5.27. The lowest BCUT2D eigenvalue weighted by molar-refractivity contribution is -0.121. The molecule has 104 valence electrons. The van der Waals surface area contributed by atoms with E-state index in [2.05, 4.69) is 6.07 Å². The van der Waals surface area contributed by atoms with Gasteiger partial charge < -0.3 is 9.47 Å². The Morgan fingerprint density at radius 1 is 1.16 bits per heavy atom. The second-order valence-electron chi connectivity index (χ2n) is 5.27. The molecule has 0 bridgehead atoms. The summed E-state index contributed by atoms with van der Waals surface area (Å²) in [5.74, 6) is 2.80. The van der Waals surface area contributed by atoms with Gasteiger partial charge in [0, 0.05) is 18.4 Å². The van der Waals surface area contributed by atoms with Gasteiger partial charge in [0.05, 0.1) is 14.2 Å². The fraction of sp³-hybridized carbons (Fsp3) is 0.562. The average Bonchev–Trinajstić information content (AvgIpc) is 2.42. The van der Waals surface area contributed by atoms with Crippen molar-refractivity contribution >= 4 is 5.78 Å². The highest BCUT2D eigenvalue weighted by Gasteiger charge is 2.21. The Labute approximate surface area is 114 Å². The van der Waals surface area contributed by atoms with Crippen molar-refractivity contribution in [2.45, 2.75) is 39.0 Å². The van der Waals surface area contributed by atoms with E-state index in [9.17, 15) is 4.79 Å². The van der Waals surface area contributed by atoms with E-state index >= 15 is 0 Å². The molecule has 0 unspecified atom stereocenters. The number of hydrogen-bond donors (Lipinski definition) is 0. The summed E-state index contributed by atoms with van der Waals surface area (Å²) in [4.78, 5) is 11.3. The molecule has 1 fully saturated rings. The molecule has 1 saturated carbocycles. The van der Waals surface area contributed by atoms with Gasteiger partial charge in [-0.25, -0.2) is 0 Å². The summed E-state index contributed by atoms with van der Waals surface area (Å²) < 4.78 is 10.9. The van der Waals surface area contributed by atoms with Gasteiger partial charge in [0.15, 0.2) is 0 Å². The molecule has 0 atom stereocenters. The molecule has 1 aliphatic carbocycles. The van der Waals surface area contributed by atoms with Crippen LogP contribution in [0, 0.1) is 12.8 Å². The van der Waals surface area contributed by atoms with Gasteiger partial charge in [-0.3, -0.25) is 4.79 Å². The van der Waals surface area contributed by atoms with Crippen LogP contribution < -0.4 is 9.47 Å². The lowest BCUT2D eigenvalue weighted by Gasteiger charge is -2.22. The van der Waals surface area contributed by atoms with Crippen molar-refractivity contribution in [3.8, 4) is 11.5 Å². The van der Waals surface area contributed by atoms with Crippen LogP contribution in [0.3, 0.4) is 0 Å². The van der Waals surface area contributed by atoms with Crippen molar-refractivity contribution in [2.75, 3.05) is 14.2 Å². The number of carbonyl (C=O) groups is 1. The molecule has 0 heterocycles. The summed E-state index contributed by atoms with van der Waals surface area (Å²) in [6.07, 6.45) is 4.48. The predicted octanol–water partition coefficient (Wildman–Crippen LogP) is 3.31. The molecule has 0 saturated heterocycles. The van der Waals surface area contributed by atoms with E-state index in [1.807, 2.05) is 13.0 Å². The third-order valence-corrected chi connectivity index (χ3v) is 4.03. The monoisotopic (exact) mass is 262 g/mol. The molecule has 19 heavy (non-hydrogen) atoms. The average molecular weight is 262 g/mol. The standard InChI is InChI=1S/C16H22O3/c1-11-15(18-2)9-6-13(16(11)19-3)10-12-4-7-14(17)8-5-12/h6,9,12H,4-5,7-8,10H2,1-3H3. The van der Waals surface area contributed by atoms with Crippen molar-refractivity contribution in [1.29, 1.82) is 0 Å². The zero-order valence-electron chi connectivity index (χ0n) is 12.0. The Morgan fingerprint density at radius 3 is 2.42 bits per heavy atom. The van der Waals surface area contributed by atoms with Crippen molar-refractivity contribution in [3.63, 3.8) is 0 Å². The van der Waals surface area contributed by atoms with Gasteiger partial charge in [-0.15, -0.1) is 0 Å². The highest BCUT2D eigenvalue weighted by atomic mass is 16.5. The van der Waals surface area contributed by atoms with E-state index in [1.54, 1.807) is 14.2 Å². The van der Waals surface area contributed by atoms with Crippen molar-refractivity contribution < 1.29 is 14.3 Å². The van der Waals surface area contributed by atoms with E-state index in [4.69, 9.17) is 9.47 Å². The highest BCUT2D eigenvalue weighted by molar-refractivity contribution is 5.79. The zero-order chi connectivity index (χ0) is 13.8. The minimum atomic E-state index is 0.411. The molecule has 0 spiro atoms. The molecule has 0 N–H and O–H groups in total. The topological polar surface area (TPSA) is 35.5 Å². The number of benzene rings is 1. The molecule has 1 aliphatic rings. The van der Waals surface area contributed by atoms with Crippen molar-refractivity contribution in [2.24, 2.45) is 5.92 Å². The van der Waals surface area contributed by atoms with Crippen molar-refractivity contribution in [3.05, 3.63) is 23.3 Å². The predicted molar refractivity (Wildman–Crippen MR) is 75.0 cm³/mol. The number of rotatable bonds is 4. The number of ketones is 1. The van der Waals surface area contributed by atoms with E-state index in [0.717, 1.165) is 49.2 Å². The summed E-state index contributed by atoms with van der Waals surface area (Å²) in [6.45, 7) is 2.02. The largest absolute Gasteiger partial charge is 0.496 e. The molecule has 0 radical (unpaired) electrons. The third-order valence-electron chi connectivity index (χ3n) is 4.03. The first-order valence-corrected chi connectivity index (χ1v) is 6.87. The molecule has 3 heteroatoms. The van der Waals surface area contributed by atoms with Crippen LogP contribution in [0.2, 0.25) is 0 Å². The molecule has 0 aromatic heterocycles. The number of hydrogen-bond acceptors (Lipinski definition) is 3. The summed E-state index contributed by atoms with van der Waals surface area (Å²) >= 11 is 0. The fourth-order valence-electron chi connectivity index (χ4n) is 2.91. The molecule has 0 amide bonds. The molecule has 1 aromatic rings. The van der Waals surface area contributed by atoms with Gasteiger partial charge in [-0.2, -0.15) is 0 Å². The van der Waals surface area contributed by atoms with Crippen LogP contribution in [0.15, 0.2) is 12.1 Å². The molecular formula is C16H22O3. The van der Waals surface area contributed by atoms with E-state index in [-0.39, 0.29) is 0 Å². The first kappa shape index (κ1) is 13.9. The Balaban J connectivity index is 2.16. The summed E-state index contributed by atoms with van der Waals surface area (Å²) in [5, 5.41) is 0. The first-order valence-electron chi connectivity index (χ1n) is 6.87. The van der Waals surface area contributed by atoms with Crippen molar-refractivity contribution in [1.82, 2.24) is 0 Å². The summed E-state index contributed by atoms with van der Waals surface area (Å²) in [7, 11) is 3.38. The van der Waals surface area contributed by atoms with E-state index < -0.39 is 0 Å². The molecule has 2 rings (SSSR count). The molecule has 1 aromatic carbocycles. The lowest BCUT2D eigenvalue weighted by atomic mass is 9.84. The minimum absolute atomic E-state index is 0.411. The maximum atomic E-state index is 11.3.